The maximum atomic E-state index is 13.3. The van der Waals surface area contributed by atoms with Gasteiger partial charge in [0.05, 0.1) is 17.3 Å². The normalized spacial score (nSPS) is 23.3. The fraction of sp³-hybridized carbons (Fsp3) is 0.200. The highest BCUT2D eigenvalue weighted by molar-refractivity contribution is 6.20. The lowest BCUT2D eigenvalue weighted by Gasteiger charge is -2.44. The van der Waals surface area contributed by atoms with E-state index in [0.717, 1.165) is 6.42 Å². The Kier molecular flexibility index (Phi) is 3.86. The van der Waals surface area contributed by atoms with Crippen LogP contribution in [0.3, 0.4) is 0 Å². The molecule has 2 amide bonds. The second-order valence-corrected chi connectivity index (χ2v) is 6.32. The van der Waals surface area contributed by atoms with Crippen LogP contribution in [0.25, 0.3) is 0 Å². The molecule has 2 aliphatic rings. The largest absolute Gasteiger partial charge is 0.327 e. The summed E-state index contributed by atoms with van der Waals surface area (Å²) >= 11 is 0. The average Bonchev–Trinajstić information content (AvgIpc) is 2.65. The molecule has 2 N–H and O–H groups in total. The first-order valence-electron chi connectivity index (χ1n) is 8.42. The van der Waals surface area contributed by atoms with Crippen molar-refractivity contribution in [3.8, 4) is 0 Å². The molecule has 2 atom stereocenters. The van der Waals surface area contributed by atoms with Gasteiger partial charge in [-0.3, -0.25) is 9.59 Å². The molecule has 2 aromatic carbocycles. The van der Waals surface area contributed by atoms with E-state index in [1.807, 2.05) is 66.7 Å². The molecule has 2 unspecified atom stereocenters. The fourth-order valence-corrected chi connectivity index (χ4v) is 3.55. The number of nitrogens with two attached hydrogens (primary N) is 1. The van der Waals surface area contributed by atoms with Crippen LogP contribution >= 0.6 is 0 Å². The lowest BCUT2D eigenvalue weighted by atomic mass is 9.81. The van der Waals surface area contributed by atoms with Gasteiger partial charge in [0.2, 0.25) is 0 Å². The van der Waals surface area contributed by atoms with Gasteiger partial charge < -0.3 is 5.73 Å². The Balaban J connectivity index is 1.88. The number of nitrogens with zero attached hydrogens (tertiary/aromatic N) is 2. The van der Waals surface area contributed by atoms with Crippen molar-refractivity contribution in [2.24, 2.45) is 11.7 Å². The van der Waals surface area contributed by atoms with Crippen LogP contribution in [0.4, 0.5) is 11.4 Å². The van der Waals surface area contributed by atoms with Crippen molar-refractivity contribution >= 4 is 23.2 Å². The lowest BCUT2D eigenvalue weighted by molar-refractivity contribution is -0.129. The van der Waals surface area contributed by atoms with Gasteiger partial charge in [-0.25, -0.2) is 10.0 Å². The molecule has 1 fully saturated rings. The SMILES string of the molecule is NC1CCC=C2C(=O)N(c3ccccc3)N(c3ccccc3)C(=O)C21. The Morgan fingerprint density at radius 2 is 1.40 bits per heavy atom. The van der Waals surface area contributed by atoms with Gasteiger partial charge in [-0.1, -0.05) is 42.5 Å². The Bertz CT molecular complexity index is 833. The van der Waals surface area contributed by atoms with Crippen LogP contribution in [0.2, 0.25) is 0 Å². The Labute approximate surface area is 146 Å². The number of anilines is 2. The minimum absolute atomic E-state index is 0.159. The van der Waals surface area contributed by atoms with Crippen LogP contribution in [-0.2, 0) is 9.59 Å². The van der Waals surface area contributed by atoms with Gasteiger partial charge in [0.1, 0.15) is 0 Å². The number of hydrazine groups is 1. The number of benzene rings is 2. The zero-order valence-electron chi connectivity index (χ0n) is 13.7. The summed E-state index contributed by atoms with van der Waals surface area (Å²) in [5.41, 5.74) is 8.03. The summed E-state index contributed by atoms with van der Waals surface area (Å²) in [6.45, 7) is 0. The van der Waals surface area contributed by atoms with E-state index in [1.165, 1.54) is 10.0 Å². The third-order valence-corrected chi connectivity index (χ3v) is 4.74. The number of carbonyl (C=O) groups is 2. The topological polar surface area (TPSA) is 66.6 Å². The van der Waals surface area contributed by atoms with Crippen molar-refractivity contribution in [2.75, 3.05) is 10.0 Å². The summed E-state index contributed by atoms with van der Waals surface area (Å²) in [7, 11) is 0. The van der Waals surface area contributed by atoms with Crippen molar-refractivity contribution in [3.05, 3.63) is 72.3 Å². The molecule has 1 aliphatic heterocycles. The summed E-state index contributed by atoms with van der Waals surface area (Å²) in [5.74, 6) is -0.927. The molecule has 5 nitrogen and oxygen atoms in total. The van der Waals surface area contributed by atoms with E-state index in [-0.39, 0.29) is 17.9 Å². The number of fused-ring (bicyclic) bond motifs is 1. The highest BCUT2D eigenvalue weighted by atomic mass is 16.2. The molecule has 126 valence electrons. The van der Waals surface area contributed by atoms with Crippen LogP contribution in [-0.4, -0.2) is 17.9 Å². The van der Waals surface area contributed by atoms with Gasteiger partial charge in [0, 0.05) is 11.6 Å². The Morgan fingerprint density at radius 3 is 2.00 bits per heavy atom. The predicted molar refractivity (Wildman–Crippen MR) is 96.6 cm³/mol. The summed E-state index contributed by atoms with van der Waals surface area (Å²) < 4.78 is 0. The van der Waals surface area contributed by atoms with E-state index >= 15 is 0 Å². The second-order valence-electron chi connectivity index (χ2n) is 6.32. The van der Waals surface area contributed by atoms with E-state index in [0.29, 0.717) is 23.4 Å². The smallest absolute Gasteiger partial charge is 0.274 e. The van der Waals surface area contributed by atoms with Crippen molar-refractivity contribution in [1.82, 2.24) is 0 Å². The number of para-hydroxylation sites is 2. The highest BCUT2D eigenvalue weighted by Crippen LogP contribution is 2.37. The molecule has 0 bridgehead atoms. The number of rotatable bonds is 2. The van der Waals surface area contributed by atoms with Crippen LogP contribution in [0, 0.1) is 5.92 Å². The molecule has 25 heavy (non-hydrogen) atoms. The highest BCUT2D eigenvalue weighted by Gasteiger charge is 2.47. The predicted octanol–water partition coefficient (Wildman–Crippen LogP) is 2.65. The van der Waals surface area contributed by atoms with Gasteiger partial charge >= 0.3 is 0 Å². The average molecular weight is 333 g/mol. The number of hydrogen-bond donors (Lipinski definition) is 1. The first kappa shape index (κ1) is 15.6. The van der Waals surface area contributed by atoms with Gasteiger partial charge in [-0.2, -0.15) is 0 Å². The lowest BCUT2D eigenvalue weighted by Crippen LogP contribution is -2.62. The molecule has 0 radical (unpaired) electrons. The van der Waals surface area contributed by atoms with E-state index in [2.05, 4.69) is 0 Å². The van der Waals surface area contributed by atoms with Gasteiger partial charge in [0.25, 0.3) is 11.8 Å². The molecule has 1 heterocycles. The van der Waals surface area contributed by atoms with E-state index in [1.54, 1.807) is 0 Å². The number of amides is 2. The minimum atomic E-state index is -0.582. The monoisotopic (exact) mass is 333 g/mol. The Hall–Kier alpha value is -2.92. The first-order chi connectivity index (χ1) is 12.2. The summed E-state index contributed by atoms with van der Waals surface area (Å²) in [5, 5.41) is 2.92. The third kappa shape index (κ3) is 2.53. The van der Waals surface area contributed by atoms with Crippen molar-refractivity contribution in [2.45, 2.75) is 18.9 Å². The number of allylic oxidation sites excluding steroid dienone is 1. The summed E-state index contributed by atoms with van der Waals surface area (Å²) in [6, 6.07) is 18.1. The molecule has 0 spiro atoms. The van der Waals surface area contributed by atoms with E-state index < -0.39 is 5.92 Å². The fourth-order valence-electron chi connectivity index (χ4n) is 3.55. The van der Waals surface area contributed by atoms with Crippen molar-refractivity contribution < 1.29 is 9.59 Å². The van der Waals surface area contributed by atoms with E-state index in [9.17, 15) is 9.59 Å². The molecule has 2 aromatic rings. The first-order valence-corrected chi connectivity index (χ1v) is 8.42. The molecule has 0 saturated carbocycles. The third-order valence-electron chi connectivity index (χ3n) is 4.74. The molecule has 1 aliphatic carbocycles. The van der Waals surface area contributed by atoms with Crippen LogP contribution in [0.1, 0.15) is 12.8 Å². The molecular weight excluding hydrogens is 314 g/mol. The molecule has 0 aromatic heterocycles. The number of hydrogen-bond acceptors (Lipinski definition) is 3. The summed E-state index contributed by atoms with van der Waals surface area (Å²) in [6.07, 6.45) is 3.30. The molecule has 4 rings (SSSR count). The number of carbonyl (C=O) groups excluding carboxylic acids is 2. The quantitative estimate of drug-likeness (QED) is 0.919. The zero-order chi connectivity index (χ0) is 17.4. The molecule has 1 saturated heterocycles. The maximum Gasteiger partial charge on any atom is 0.274 e. The van der Waals surface area contributed by atoms with Crippen LogP contribution in [0.15, 0.2) is 72.3 Å². The van der Waals surface area contributed by atoms with Gasteiger partial charge in [-0.15, -0.1) is 0 Å². The Morgan fingerprint density at radius 1 is 0.840 bits per heavy atom. The van der Waals surface area contributed by atoms with Crippen LogP contribution in [0.5, 0.6) is 0 Å². The zero-order valence-corrected chi connectivity index (χ0v) is 13.7. The van der Waals surface area contributed by atoms with Gasteiger partial charge in [-0.05, 0) is 37.1 Å². The van der Waals surface area contributed by atoms with Crippen molar-refractivity contribution in [3.63, 3.8) is 0 Å². The molecule has 5 heteroatoms. The second kappa shape index (κ2) is 6.18. The van der Waals surface area contributed by atoms with Crippen molar-refractivity contribution in [1.29, 1.82) is 0 Å². The van der Waals surface area contributed by atoms with Gasteiger partial charge in [0.15, 0.2) is 0 Å². The molecular formula is C20H19N3O2. The van der Waals surface area contributed by atoms with Crippen LogP contribution < -0.4 is 15.8 Å². The maximum absolute atomic E-state index is 13.3. The van der Waals surface area contributed by atoms with E-state index in [4.69, 9.17) is 5.73 Å². The standard InChI is InChI=1S/C20H19N3O2/c21-17-13-7-12-16-18(17)20(25)23(15-10-5-2-6-11-15)22(19(16)24)14-8-3-1-4-9-14/h1-6,8-12,17-18H,7,13,21H2. The minimum Gasteiger partial charge on any atom is -0.327 e. The summed E-state index contributed by atoms with van der Waals surface area (Å²) in [4.78, 5) is 26.6.